The maximum atomic E-state index is 5.46. The molecule has 0 amide bonds. The van der Waals surface area contributed by atoms with Crippen molar-refractivity contribution >= 4 is 43.6 Å². The van der Waals surface area contributed by atoms with Crippen LogP contribution >= 0.6 is 0 Å². The minimum atomic E-state index is -0.117. The molecule has 0 fully saturated rings. The van der Waals surface area contributed by atoms with Crippen LogP contribution in [0, 0.1) is 0 Å². The van der Waals surface area contributed by atoms with E-state index in [9.17, 15) is 0 Å². The smallest absolute Gasteiger partial charge is 0.165 e. The van der Waals surface area contributed by atoms with Crippen molar-refractivity contribution in [1.29, 1.82) is 0 Å². The summed E-state index contributed by atoms with van der Waals surface area (Å²) < 4.78 is 2.38. The van der Waals surface area contributed by atoms with E-state index < -0.39 is 0 Å². The highest BCUT2D eigenvalue weighted by molar-refractivity contribution is 6.30. The zero-order valence-electron chi connectivity index (χ0n) is 26.6. The van der Waals surface area contributed by atoms with Crippen LogP contribution in [-0.2, 0) is 5.41 Å². The quantitative estimate of drug-likeness (QED) is 0.195. The molecule has 2 heterocycles. The normalized spacial score (nSPS) is 13.8. The predicted molar refractivity (Wildman–Crippen MR) is 199 cm³/mol. The third-order valence-corrected chi connectivity index (χ3v) is 10.9. The minimum Gasteiger partial charge on any atom is -0.292 e. The van der Waals surface area contributed by atoms with Gasteiger partial charge in [0.05, 0.1) is 22.1 Å². The Morgan fingerprint density at radius 3 is 1.90 bits per heavy atom. The second kappa shape index (κ2) is 9.05. The van der Waals surface area contributed by atoms with E-state index in [0.717, 1.165) is 39.1 Å². The summed E-state index contributed by atoms with van der Waals surface area (Å²) >= 11 is 0. The number of nitrogens with zero attached hydrogens (tertiary/aromatic N) is 3. The summed E-state index contributed by atoms with van der Waals surface area (Å²) in [5.74, 6) is 0.852. The molecule has 0 saturated heterocycles. The maximum Gasteiger partial charge on any atom is 0.165 e. The van der Waals surface area contributed by atoms with Gasteiger partial charge in [0, 0.05) is 21.8 Å². The first-order valence-electron chi connectivity index (χ1n) is 16.7. The highest BCUT2D eigenvalue weighted by Gasteiger charge is 2.36. The Morgan fingerprint density at radius 2 is 1.08 bits per heavy atom. The summed E-state index contributed by atoms with van der Waals surface area (Å²) in [4.78, 5) is 10.9. The van der Waals surface area contributed by atoms with Gasteiger partial charge in [-0.25, -0.2) is 9.97 Å². The number of hydrogen-bond acceptors (Lipinski definition) is 2. The molecule has 0 bridgehead atoms. The van der Waals surface area contributed by atoms with E-state index in [-0.39, 0.29) is 5.41 Å². The van der Waals surface area contributed by atoms with Crippen molar-refractivity contribution in [1.82, 2.24) is 14.5 Å². The molecular weight excluding hydrogens is 583 g/mol. The number of para-hydroxylation sites is 2. The van der Waals surface area contributed by atoms with Gasteiger partial charge in [0.2, 0.25) is 0 Å². The lowest BCUT2D eigenvalue weighted by molar-refractivity contribution is 0.660. The summed E-state index contributed by atoms with van der Waals surface area (Å²) in [5, 5.41) is 5.08. The molecule has 3 heteroatoms. The van der Waals surface area contributed by atoms with Crippen molar-refractivity contribution in [2.45, 2.75) is 19.3 Å². The fraction of sp³-hybridized carbons (Fsp3) is 0.0667. The predicted octanol–water partition coefficient (Wildman–Crippen LogP) is 11.5. The number of fused-ring (bicyclic) bond motifs is 7. The van der Waals surface area contributed by atoms with Crippen molar-refractivity contribution in [3.8, 4) is 50.5 Å². The van der Waals surface area contributed by atoms with Gasteiger partial charge in [0.15, 0.2) is 5.82 Å². The molecule has 48 heavy (non-hydrogen) atoms. The maximum absolute atomic E-state index is 5.46. The van der Waals surface area contributed by atoms with Gasteiger partial charge < -0.3 is 0 Å². The van der Waals surface area contributed by atoms with Crippen molar-refractivity contribution in [3.63, 3.8) is 0 Å². The molecule has 11 rings (SSSR count). The summed E-state index contributed by atoms with van der Waals surface area (Å²) in [5.41, 5.74) is 16.3. The van der Waals surface area contributed by atoms with Crippen molar-refractivity contribution in [2.24, 2.45) is 0 Å². The number of rotatable bonds is 2. The lowest BCUT2D eigenvalue weighted by Gasteiger charge is -2.22. The van der Waals surface area contributed by atoms with Crippen molar-refractivity contribution in [3.05, 3.63) is 151 Å². The fourth-order valence-electron chi connectivity index (χ4n) is 8.75. The first-order chi connectivity index (χ1) is 23.6. The molecule has 2 aromatic heterocycles. The molecule has 224 valence electrons. The first-order valence-corrected chi connectivity index (χ1v) is 16.7. The molecule has 0 radical (unpaired) electrons. The Bertz CT molecular complexity index is 2870. The van der Waals surface area contributed by atoms with Crippen molar-refractivity contribution in [2.75, 3.05) is 0 Å². The Kier molecular flexibility index (Phi) is 4.91. The van der Waals surface area contributed by atoms with Crippen LogP contribution in [0.3, 0.4) is 0 Å². The Morgan fingerprint density at radius 1 is 0.458 bits per heavy atom. The van der Waals surface area contributed by atoms with E-state index in [4.69, 9.17) is 9.97 Å². The molecular formula is C45H29N3. The van der Waals surface area contributed by atoms with Gasteiger partial charge in [0.1, 0.15) is 5.69 Å². The van der Waals surface area contributed by atoms with E-state index in [0.29, 0.717) is 0 Å². The van der Waals surface area contributed by atoms with Crippen LogP contribution in [0.1, 0.15) is 25.0 Å². The summed E-state index contributed by atoms with van der Waals surface area (Å²) in [7, 11) is 0. The van der Waals surface area contributed by atoms with E-state index in [1.165, 1.54) is 66.1 Å². The third-order valence-electron chi connectivity index (χ3n) is 10.9. The Labute approximate surface area is 277 Å². The molecule has 9 aromatic rings. The average Bonchev–Trinajstić information content (AvgIpc) is 3.54. The topological polar surface area (TPSA) is 30.7 Å². The van der Waals surface area contributed by atoms with E-state index >= 15 is 0 Å². The molecule has 0 N–H and O–H groups in total. The standard InChI is InChI=1S/C45H29N3/c1-45(2)34-17-6-5-14-30(34)31-23-21-27(25-35(31)45)43-44(47-37-19-8-7-18-36(37)46-43)48-38-20-10-16-33-29-13-4-3-12-28(29)32-15-9-11-26-22-24-39(48)42(40(26)32)41(33)38/h3-25H,1-2H3. The first kappa shape index (κ1) is 26.1. The molecule has 3 nitrogen and oxygen atoms in total. The van der Waals surface area contributed by atoms with E-state index in [1.54, 1.807) is 0 Å². The molecule has 0 unspecified atom stereocenters. The van der Waals surface area contributed by atoms with Gasteiger partial charge in [0.25, 0.3) is 0 Å². The van der Waals surface area contributed by atoms with Crippen LogP contribution in [0.5, 0.6) is 0 Å². The molecule has 0 atom stereocenters. The average molecular weight is 612 g/mol. The summed E-state index contributed by atoms with van der Waals surface area (Å²) in [6.45, 7) is 4.67. The van der Waals surface area contributed by atoms with Crippen LogP contribution in [0.2, 0.25) is 0 Å². The molecule has 0 aliphatic heterocycles. The largest absolute Gasteiger partial charge is 0.292 e. The minimum absolute atomic E-state index is 0.117. The highest BCUT2D eigenvalue weighted by Crippen LogP contribution is 2.52. The Hall–Kier alpha value is -6.06. The lowest BCUT2D eigenvalue weighted by atomic mass is 9.82. The highest BCUT2D eigenvalue weighted by atomic mass is 15.1. The van der Waals surface area contributed by atoms with Crippen LogP contribution in [-0.4, -0.2) is 14.5 Å². The number of benzene rings is 7. The van der Waals surface area contributed by atoms with E-state index in [2.05, 4.69) is 152 Å². The van der Waals surface area contributed by atoms with Crippen LogP contribution in [0.4, 0.5) is 0 Å². The fourth-order valence-corrected chi connectivity index (χ4v) is 8.75. The van der Waals surface area contributed by atoms with E-state index in [1.807, 2.05) is 6.07 Å². The molecule has 2 aliphatic rings. The van der Waals surface area contributed by atoms with Gasteiger partial charge in [-0.15, -0.1) is 0 Å². The SMILES string of the molecule is CC1(C)c2ccccc2-c2ccc(-c3nc4ccccc4nc3-n3c4cccc5c4c4c6c(cccc6ccc43)-c3ccccc3-5)cc21. The van der Waals surface area contributed by atoms with Crippen LogP contribution in [0.25, 0.3) is 94.1 Å². The van der Waals surface area contributed by atoms with Gasteiger partial charge >= 0.3 is 0 Å². The summed E-state index contributed by atoms with van der Waals surface area (Å²) in [6, 6.07) is 50.8. The van der Waals surface area contributed by atoms with Gasteiger partial charge in [-0.05, 0) is 85.6 Å². The molecule has 0 saturated carbocycles. The zero-order valence-corrected chi connectivity index (χ0v) is 26.6. The lowest BCUT2D eigenvalue weighted by Crippen LogP contribution is -2.15. The number of hydrogen-bond donors (Lipinski definition) is 0. The summed E-state index contributed by atoms with van der Waals surface area (Å²) in [6.07, 6.45) is 0. The monoisotopic (exact) mass is 611 g/mol. The van der Waals surface area contributed by atoms with Crippen molar-refractivity contribution < 1.29 is 0 Å². The molecule has 2 aliphatic carbocycles. The molecule has 0 spiro atoms. The van der Waals surface area contributed by atoms with Crippen LogP contribution in [0.15, 0.2) is 140 Å². The molecule has 7 aromatic carbocycles. The zero-order chi connectivity index (χ0) is 31.7. The number of aromatic nitrogens is 3. The van der Waals surface area contributed by atoms with Gasteiger partial charge in [-0.1, -0.05) is 123 Å². The van der Waals surface area contributed by atoms with Gasteiger partial charge in [-0.3, -0.25) is 4.57 Å². The second-order valence-corrected chi connectivity index (χ2v) is 13.8. The Balaban J connectivity index is 1.28. The second-order valence-electron chi connectivity index (χ2n) is 13.8. The third kappa shape index (κ3) is 3.23. The van der Waals surface area contributed by atoms with Gasteiger partial charge in [-0.2, -0.15) is 0 Å². The van der Waals surface area contributed by atoms with Crippen LogP contribution < -0.4 is 0 Å².